The van der Waals surface area contributed by atoms with Crippen molar-refractivity contribution in [2.24, 2.45) is 0 Å². The number of carbonyl (C=O) groups excluding carboxylic acids is 1. The lowest BCUT2D eigenvalue weighted by Gasteiger charge is -2.27. The van der Waals surface area contributed by atoms with Crippen molar-refractivity contribution in [3.05, 3.63) is 76.0 Å². The fourth-order valence-electron chi connectivity index (χ4n) is 2.94. The molecule has 3 rings (SSSR count). The second kappa shape index (κ2) is 7.38. The Hall–Kier alpha value is -2.90. The molecule has 27 heavy (non-hydrogen) atoms. The SMILES string of the molecule is O=C(Cn1cccc(C(F)(F)F)c1=O)N1CC=C(c2ccc(F)cc2)CC1. The number of aromatic nitrogens is 1. The lowest BCUT2D eigenvalue weighted by Crippen LogP contribution is -2.39. The summed E-state index contributed by atoms with van der Waals surface area (Å²) in [4.78, 5) is 25.8. The van der Waals surface area contributed by atoms with Crippen LogP contribution < -0.4 is 5.56 Å². The predicted octanol–water partition coefficient (Wildman–Crippen LogP) is 3.32. The number of halogens is 4. The van der Waals surface area contributed by atoms with Crippen LogP contribution in [0.3, 0.4) is 0 Å². The number of hydrogen-bond donors (Lipinski definition) is 0. The minimum Gasteiger partial charge on any atom is -0.337 e. The van der Waals surface area contributed by atoms with Gasteiger partial charge in [-0.05, 0) is 41.8 Å². The first-order valence-corrected chi connectivity index (χ1v) is 8.25. The molecule has 0 spiro atoms. The molecule has 142 valence electrons. The summed E-state index contributed by atoms with van der Waals surface area (Å²) in [7, 11) is 0. The molecule has 0 N–H and O–H groups in total. The second-order valence-electron chi connectivity index (χ2n) is 6.18. The molecule has 2 aromatic rings. The van der Waals surface area contributed by atoms with Gasteiger partial charge in [-0.25, -0.2) is 4.39 Å². The van der Waals surface area contributed by atoms with Gasteiger partial charge >= 0.3 is 6.18 Å². The average Bonchev–Trinajstić information content (AvgIpc) is 2.63. The van der Waals surface area contributed by atoms with Gasteiger partial charge in [-0.15, -0.1) is 0 Å². The van der Waals surface area contributed by atoms with E-state index in [1.165, 1.54) is 23.2 Å². The highest BCUT2D eigenvalue weighted by Crippen LogP contribution is 2.26. The Bertz CT molecular complexity index is 930. The van der Waals surface area contributed by atoms with Gasteiger partial charge in [0.15, 0.2) is 0 Å². The third-order valence-electron chi connectivity index (χ3n) is 4.41. The van der Waals surface area contributed by atoms with E-state index < -0.39 is 29.8 Å². The third-order valence-corrected chi connectivity index (χ3v) is 4.41. The predicted molar refractivity (Wildman–Crippen MR) is 91.3 cm³/mol. The Morgan fingerprint density at radius 2 is 1.81 bits per heavy atom. The highest BCUT2D eigenvalue weighted by atomic mass is 19.4. The lowest BCUT2D eigenvalue weighted by atomic mass is 9.99. The van der Waals surface area contributed by atoms with Crippen molar-refractivity contribution >= 4 is 11.5 Å². The van der Waals surface area contributed by atoms with Crippen molar-refractivity contribution in [3.63, 3.8) is 0 Å². The van der Waals surface area contributed by atoms with E-state index in [0.29, 0.717) is 19.0 Å². The molecule has 0 unspecified atom stereocenters. The molecule has 0 bridgehead atoms. The van der Waals surface area contributed by atoms with Gasteiger partial charge in [0.25, 0.3) is 5.56 Å². The number of pyridine rings is 1. The van der Waals surface area contributed by atoms with Crippen LogP contribution in [0.4, 0.5) is 17.6 Å². The van der Waals surface area contributed by atoms with Crippen LogP contribution >= 0.6 is 0 Å². The van der Waals surface area contributed by atoms with Gasteiger partial charge in [-0.2, -0.15) is 13.2 Å². The molecule has 1 aliphatic rings. The maximum absolute atomic E-state index is 13.0. The zero-order valence-electron chi connectivity index (χ0n) is 14.2. The molecular formula is C19H16F4N2O2. The van der Waals surface area contributed by atoms with Crippen LogP contribution in [0.15, 0.2) is 53.5 Å². The first-order chi connectivity index (χ1) is 12.8. The van der Waals surface area contributed by atoms with Gasteiger partial charge in [0.1, 0.15) is 17.9 Å². The molecule has 0 saturated carbocycles. The minimum absolute atomic E-state index is 0.277. The van der Waals surface area contributed by atoms with E-state index in [2.05, 4.69) is 0 Å². The molecule has 4 nitrogen and oxygen atoms in total. The quantitative estimate of drug-likeness (QED) is 0.767. The lowest BCUT2D eigenvalue weighted by molar-refractivity contribution is -0.139. The van der Waals surface area contributed by atoms with Gasteiger partial charge in [0.05, 0.1) is 0 Å². The highest BCUT2D eigenvalue weighted by molar-refractivity contribution is 5.78. The van der Waals surface area contributed by atoms with Gasteiger partial charge in [-0.1, -0.05) is 18.2 Å². The molecule has 0 aliphatic carbocycles. The van der Waals surface area contributed by atoms with Crippen molar-refractivity contribution in [1.29, 1.82) is 0 Å². The molecule has 0 radical (unpaired) electrons. The molecule has 0 saturated heterocycles. The van der Waals surface area contributed by atoms with Crippen LogP contribution in [-0.4, -0.2) is 28.5 Å². The molecule has 8 heteroatoms. The summed E-state index contributed by atoms with van der Waals surface area (Å²) >= 11 is 0. The molecular weight excluding hydrogens is 364 g/mol. The van der Waals surface area contributed by atoms with Gasteiger partial charge in [-0.3, -0.25) is 9.59 Å². The topological polar surface area (TPSA) is 42.3 Å². The molecule has 1 amide bonds. The summed E-state index contributed by atoms with van der Waals surface area (Å²) in [6.07, 6.45) is -1.24. The zero-order chi connectivity index (χ0) is 19.6. The Balaban J connectivity index is 1.70. The summed E-state index contributed by atoms with van der Waals surface area (Å²) in [6.45, 7) is 0.192. The molecule has 0 atom stereocenters. The van der Waals surface area contributed by atoms with E-state index in [1.54, 1.807) is 12.1 Å². The molecule has 1 aliphatic heterocycles. The monoisotopic (exact) mass is 380 g/mol. The van der Waals surface area contributed by atoms with Crippen molar-refractivity contribution in [2.45, 2.75) is 19.1 Å². The third kappa shape index (κ3) is 4.27. The molecule has 1 aromatic carbocycles. The van der Waals surface area contributed by atoms with Crippen LogP contribution in [0, 0.1) is 5.82 Å². The Morgan fingerprint density at radius 1 is 1.11 bits per heavy atom. The van der Waals surface area contributed by atoms with Gasteiger partial charge in [0, 0.05) is 19.3 Å². The summed E-state index contributed by atoms with van der Waals surface area (Å²) < 4.78 is 52.2. The van der Waals surface area contributed by atoms with Crippen molar-refractivity contribution in [2.75, 3.05) is 13.1 Å². The highest BCUT2D eigenvalue weighted by Gasteiger charge is 2.34. The van der Waals surface area contributed by atoms with E-state index in [4.69, 9.17) is 0 Å². The van der Waals surface area contributed by atoms with E-state index in [9.17, 15) is 27.2 Å². The summed E-state index contributed by atoms with van der Waals surface area (Å²) in [6, 6.07) is 7.81. The van der Waals surface area contributed by atoms with Crippen molar-refractivity contribution in [1.82, 2.24) is 9.47 Å². The number of carbonyl (C=O) groups is 1. The first-order valence-electron chi connectivity index (χ1n) is 8.25. The summed E-state index contributed by atoms with van der Waals surface area (Å²) in [5.74, 6) is -0.774. The number of nitrogens with zero attached hydrogens (tertiary/aromatic N) is 2. The average molecular weight is 380 g/mol. The van der Waals surface area contributed by atoms with Crippen molar-refractivity contribution < 1.29 is 22.4 Å². The summed E-state index contributed by atoms with van der Waals surface area (Å²) in [5.41, 5.74) is -0.708. The Morgan fingerprint density at radius 3 is 2.41 bits per heavy atom. The van der Waals surface area contributed by atoms with Crippen LogP contribution in [0.25, 0.3) is 5.57 Å². The number of amides is 1. The Labute approximate surface area is 152 Å². The maximum atomic E-state index is 13.0. The van der Waals surface area contributed by atoms with E-state index >= 15 is 0 Å². The van der Waals surface area contributed by atoms with E-state index in [1.807, 2.05) is 6.08 Å². The van der Waals surface area contributed by atoms with E-state index in [-0.39, 0.29) is 12.4 Å². The molecule has 0 fully saturated rings. The largest absolute Gasteiger partial charge is 0.421 e. The number of hydrogen-bond acceptors (Lipinski definition) is 2. The second-order valence-corrected chi connectivity index (χ2v) is 6.18. The van der Waals surface area contributed by atoms with E-state index in [0.717, 1.165) is 21.8 Å². The van der Waals surface area contributed by atoms with Gasteiger partial charge in [0.2, 0.25) is 5.91 Å². The van der Waals surface area contributed by atoms with Crippen LogP contribution in [0.5, 0.6) is 0 Å². The number of rotatable bonds is 3. The van der Waals surface area contributed by atoms with Gasteiger partial charge < -0.3 is 9.47 Å². The number of benzene rings is 1. The maximum Gasteiger partial charge on any atom is 0.421 e. The molecule has 2 heterocycles. The first kappa shape index (κ1) is 18.9. The van der Waals surface area contributed by atoms with Crippen LogP contribution in [0.1, 0.15) is 17.5 Å². The van der Waals surface area contributed by atoms with Crippen LogP contribution in [-0.2, 0) is 17.5 Å². The standard InChI is InChI=1S/C19H16F4N2O2/c20-15-5-3-13(4-6-15)14-7-10-24(11-8-14)17(26)12-25-9-1-2-16(18(25)27)19(21,22)23/h1-7,9H,8,10-12H2. The van der Waals surface area contributed by atoms with Crippen LogP contribution in [0.2, 0.25) is 0 Å². The Kier molecular flexibility index (Phi) is 5.16. The fraction of sp³-hybridized carbons (Fsp3) is 0.263. The fourth-order valence-corrected chi connectivity index (χ4v) is 2.94. The smallest absolute Gasteiger partial charge is 0.337 e. The molecule has 1 aromatic heterocycles. The number of alkyl halides is 3. The summed E-state index contributed by atoms with van der Waals surface area (Å²) in [5, 5.41) is 0. The minimum atomic E-state index is -4.76. The normalized spacial score (nSPS) is 14.8. The zero-order valence-corrected chi connectivity index (χ0v) is 14.2. The van der Waals surface area contributed by atoms with Crippen molar-refractivity contribution in [3.8, 4) is 0 Å².